The lowest BCUT2D eigenvalue weighted by atomic mass is 10.2. The van der Waals surface area contributed by atoms with Gasteiger partial charge in [0.1, 0.15) is 5.02 Å². The Morgan fingerprint density at radius 1 is 1.24 bits per heavy atom. The van der Waals surface area contributed by atoms with Gasteiger partial charge in [-0.3, -0.25) is 9.78 Å². The van der Waals surface area contributed by atoms with E-state index in [1.807, 2.05) is 11.0 Å². The van der Waals surface area contributed by atoms with Crippen molar-refractivity contribution in [2.45, 2.75) is 0 Å². The zero-order valence-corrected chi connectivity index (χ0v) is 12.0. The normalized spacial score (nSPS) is 15.3. The van der Waals surface area contributed by atoms with E-state index in [1.165, 1.54) is 6.33 Å². The van der Waals surface area contributed by atoms with Crippen molar-refractivity contribution >= 4 is 28.8 Å². The number of rotatable bonds is 2. The molecule has 1 fully saturated rings. The Hall–Kier alpha value is -2.28. The number of aromatic nitrogens is 3. The van der Waals surface area contributed by atoms with Gasteiger partial charge in [0.15, 0.2) is 5.82 Å². The molecule has 3 heterocycles. The predicted octanol–water partition coefficient (Wildman–Crippen LogP) is 0.727. The van der Waals surface area contributed by atoms with Crippen LogP contribution in [-0.2, 0) is 0 Å². The highest BCUT2D eigenvalue weighted by atomic mass is 35.5. The SMILES string of the molecule is Nc1cnccc1N1CCN(c2nc[nH]c(=O)c2Cl)CC1. The molecule has 0 radical (unpaired) electrons. The molecule has 0 atom stereocenters. The van der Waals surface area contributed by atoms with Crippen LogP contribution in [0, 0.1) is 0 Å². The molecule has 0 bridgehead atoms. The first-order valence-electron chi connectivity index (χ1n) is 6.59. The van der Waals surface area contributed by atoms with Crippen LogP contribution in [0.3, 0.4) is 0 Å². The van der Waals surface area contributed by atoms with Gasteiger partial charge in [0.05, 0.1) is 23.9 Å². The van der Waals surface area contributed by atoms with Gasteiger partial charge >= 0.3 is 0 Å². The van der Waals surface area contributed by atoms with E-state index in [0.717, 1.165) is 31.9 Å². The van der Waals surface area contributed by atoms with Crippen molar-refractivity contribution in [3.8, 4) is 0 Å². The minimum absolute atomic E-state index is 0.134. The molecule has 21 heavy (non-hydrogen) atoms. The molecule has 2 aromatic rings. The Morgan fingerprint density at radius 2 is 1.95 bits per heavy atom. The minimum atomic E-state index is -0.317. The van der Waals surface area contributed by atoms with Crippen LogP contribution in [-0.4, -0.2) is 41.1 Å². The summed E-state index contributed by atoms with van der Waals surface area (Å²) in [5.74, 6) is 0.530. The zero-order chi connectivity index (χ0) is 14.8. The number of hydrogen-bond acceptors (Lipinski definition) is 6. The van der Waals surface area contributed by atoms with Crippen molar-refractivity contribution in [1.29, 1.82) is 0 Å². The Morgan fingerprint density at radius 3 is 2.67 bits per heavy atom. The summed E-state index contributed by atoms with van der Waals surface area (Å²) >= 11 is 6.02. The third kappa shape index (κ3) is 2.64. The molecule has 7 nitrogen and oxygen atoms in total. The van der Waals surface area contributed by atoms with Gasteiger partial charge in [0.2, 0.25) is 0 Å². The van der Waals surface area contributed by atoms with Gasteiger partial charge in [0.25, 0.3) is 5.56 Å². The van der Waals surface area contributed by atoms with E-state index in [0.29, 0.717) is 11.5 Å². The van der Waals surface area contributed by atoms with Crippen LogP contribution < -0.4 is 21.1 Å². The number of aromatic amines is 1. The molecule has 3 rings (SSSR count). The van der Waals surface area contributed by atoms with Gasteiger partial charge < -0.3 is 20.5 Å². The second kappa shape index (κ2) is 5.61. The third-order valence-electron chi connectivity index (χ3n) is 3.53. The first-order chi connectivity index (χ1) is 10.2. The van der Waals surface area contributed by atoms with Gasteiger partial charge in [-0.1, -0.05) is 11.6 Å². The fourth-order valence-corrected chi connectivity index (χ4v) is 2.66. The molecule has 3 N–H and O–H groups in total. The van der Waals surface area contributed by atoms with Crippen LogP contribution >= 0.6 is 11.6 Å². The number of pyridine rings is 1. The van der Waals surface area contributed by atoms with E-state index in [9.17, 15) is 4.79 Å². The number of nitrogen functional groups attached to an aromatic ring is 1. The quantitative estimate of drug-likeness (QED) is 0.850. The number of H-pyrrole nitrogens is 1. The summed E-state index contributed by atoms with van der Waals surface area (Å²) in [5, 5.41) is 0.134. The van der Waals surface area contributed by atoms with Crippen molar-refractivity contribution in [2.75, 3.05) is 41.7 Å². The van der Waals surface area contributed by atoms with Crippen LogP contribution in [0.2, 0.25) is 5.02 Å². The number of nitrogens with zero attached hydrogens (tertiary/aromatic N) is 4. The lowest BCUT2D eigenvalue weighted by molar-refractivity contribution is 0.646. The highest BCUT2D eigenvalue weighted by Gasteiger charge is 2.22. The van der Waals surface area contributed by atoms with Crippen molar-refractivity contribution in [3.05, 3.63) is 40.2 Å². The van der Waals surface area contributed by atoms with Crippen molar-refractivity contribution in [2.24, 2.45) is 0 Å². The topological polar surface area (TPSA) is 91.1 Å². The van der Waals surface area contributed by atoms with Gasteiger partial charge in [-0.05, 0) is 6.07 Å². The van der Waals surface area contributed by atoms with Crippen LogP contribution in [0.4, 0.5) is 17.2 Å². The maximum absolute atomic E-state index is 11.5. The highest BCUT2D eigenvalue weighted by molar-refractivity contribution is 6.32. The van der Waals surface area contributed by atoms with Gasteiger partial charge in [-0.15, -0.1) is 0 Å². The summed E-state index contributed by atoms with van der Waals surface area (Å²) in [6.07, 6.45) is 4.75. The molecule has 110 valence electrons. The predicted molar refractivity (Wildman–Crippen MR) is 82.9 cm³/mol. The second-order valence-electron chi connectivity index (χ2n) is 4.78. The maximum atomic E-state index is 11.5. The number of nitrogens with one attached hydrogen (secondary N) is 1. The summed E-state index contributed by atoms with van der Waals surface area (Å²) in [4.78, 5) is 26.3. The summed E-state index contributed by atoms with van der Waals surface area (Å²) in [6, 6.07) is 1.91. The fraction of sp³-hybridized carbons (Fsp3) is 0.308. The monoisotopic (exact) mass is 306 g/mol. The molecule has 2 aromatic heterocycles. The Bertz CT molecular complexity index is 695. The molecule has 1 aliphatic heterocycles. The minimum Gasteiger partial charge on any atom is -0.396 e. The van der Waals surface area contributed by atoms with Crippen molar-refractivity contribution < 1.29 is 0 Å². The van der Waals surface area contributed by atoms with E-state index in [4.69, 9.17) is 17.3 Å². The maximum Gasteiger partial charge on any atom is 0.271 e. The molecule has 0 unspecified atom stereocenters. The van der Waals surface area contributed by atoms with E-state index in [-0.39, 0.29) is 10.6 Å². The molecule has 1 aliphatic rings. The van der Waals surface area contributed by atoms with E-state index in [1.54, 1.807) is 12.4 Å². The summed E-state index contributed by atoms with van der Waals surface area (Å²) < 4.78 is 0. The summed E-state index contributed by atoms with van der Waals surface area (Å²) in [5.41, 5.74) is 7.27. The average Bonchev–Trinajstić information content (AvgIpc) is 2.51. The Balaban J connectivity index is 1.75. The third-order valence-corrected chi connectivity index (χ3v) is 3.87. The number of nitrogens with two attached hydrogens (primary N) is 1. The summed E-state index contributed by atoms with van der Waals surface area (Å²) in [7, 11) is 0. The lowest BCUT2D eigenvalue weighted by Crippen LogP contribution is -2.47. The molecular formula is C13H15ClN6O. The van der Waals surface area contributed by atoms with Gasteiger partial charge in [0, 0.05) is 32.4 Å². The van der Waals surface area contributed by atoms with Crippen LogP contribution in [0.15, 0.2) is 29.6 Å². The number of piperazine rings is 1. The number of halogens is 1. The van der Waals surface area contributed by atoms with E-state index >= 15 is 0 Å². The summed E-state index contributed by atoms with van der Waals surface area (Å²) in [6.45, 7) is 2.99. The average molecular weight is 307 g/mol. The van der Waals surface area contributed by atoms with Gasteiger partial charge in [-0.25, -0.2) is 4.98 Å². The molecule has 0 spiro atoms. The Labute approximate surface area is 126 Å². The van der Waals surface area contributed by atoms with Crippen LogP contribution in [0.1, 0.15) is 0 Å². The van der Waals surface area contributed by atoms with Gasteiger partial charge in [-0.2, -0.15) is 0 Å². The fourth-order valence-electron chi connectivity index (χ4n) is 2.44. The molecular weight excluding hydrogens is 292 g/mol. The highest BCUT2D eigenvalue weighted by Crippen LogP contribution is 2.25. The van der Waals surface area contributed by atoms with E-state index in [2.05, 4.69) is 19.9 Å². The largest absolute Gasteiger partial charge is 0.396 e. The second-order valence-corrected chi connectivity index (χ2v) is 5.16. The van der Waals surface area contributed by atoms with Crippen molar-refractivity contribution in [3.63, 3.8) is 0 Å². The molecule has 0 amide bonds. The zero-order valence-electron chi connectivity index (χ0n) is 11.3. The van der Waals surface area contributed by atoms with Crippen LogP contribution in [0.25, 0.3) is 0 Å². The smallest absolute Gasteiger partial charge is 0.271 e. The molecule has 0 aliphatic carbocycles. The molecule has 0 saturated carbocycles. The van der Waals surface area contributed by atoms with Crippen molar-refractivity contribution in [1.82, 2.24) is 15.0 Å². The standard InChI is InChI=1S/C13H15ClN6O/c14-11-12(17-8-18-13(11)21)20-5-3-19(4-6-20)10-1-2-16-7-9(10)15/h1-2,7-8H,3-6,15H2,(H,17,18,21). The lowest BCUT2D eigenvalue weighted by Gasteiger charge is -2.37. The van der Waals surface area contributed by atoms with E-state index < -0.39 is 0 Å². The van der Waals surface area contributed by atoms with Crippen LogP contribution in [0.5, 0.6) is 0 Å². The molecule has 1 saturated heterocycles. The number of hydrogen-bond donors (Lipinski definition) is 2. The first kappa shape index (κ1) is 13.7. The molecule has 0 aromatic carbocycles. The number of anilines is 3. The first-order valence-corrected chi connectivity index (χ1v) is 6.97. The molecule has 8 heteroatoms. The Kier molecular flexibility index (Phi) is 3.66.